The van der Waals surface area contributed by atoms with Crippen molar-refractivity contribution >= 4 is 11.5 Å². The summed E-state index contributed by atoms with van der Waals surface area (Å²) in [7, 11) is 0. The Morgan fingerprint density at radius 3 is 3.08 bits per heavy atom. The van der Waals surface area contributed by atoms with Crippen LogP contribution in [0.4, 0.5) is 0 Å². The van der Waals surface area contributed by atoms with Gasteiger partial charge in [0.25, 0.3) is 0 Å². The average molecular weight is 165 g/mol. The van der Waals surface area contributed by atoms with E-state index in [0.717, 1.165) is 18.7 Å². The minimum atomic E-state index is 0.242. The van der Waals surface area contributed by atoms with Crippen LogP contribution < -0.4 is 0 Å². The maximum absolute atomic E-state index is 11.6. The van der Waals surface area contributed by atoms with Crippen LogP contribution in [0.3, 0.4) is 0 Å². The first-order valence-corrected chi connectivity index (χ1v) is 4.87. The first-order chi connectivity index (χ1) is 5.79. The molecule has 0 aromatic heterocycles. The Kier molecular flexibility index (Phi) is 1.99. The number of nitrogens with zero attached hydrogens (tertiary/aromatic N) is 1. The van der Waals surface area contributed by atoms with E-state index < -0.39 is 0 Å². The van der Waals surface area contributed by atoms with Gasteiger partial charge in [0.05, 0.1) is 5.71 Å². The van der Waals surface area contributed by atoms with Crippen LogP contribution in [0.5, 0.6) is 0 Å². The second-order valence-electron chi connectivity index (χ2n) is 3.96. The van der Waals surface area contributed by atoms with Gasteiger partial charge in [0.2, 0.25) is 0 Å². The molecule has 0 radical (unpaired) electrons. The van der Waals surface area contributed by atoms with E-state index in [1.54, 1.807) is 0 Å². The Hall–Kier alpha value is -0.660. The number of Topliss-reactive ketones (excluding diaryl/α,β-unsaturated/α-hetero) is 1. The highest BCUT2D eigenvalue weighted by Crippen LogP contribution is 2.31. The van der Waals surface area contributed by atoms with Crippen molar-refractivity contribution in [2.45, 2.75) is 32.6 Å². The smallest absolute Gasteiger partial charge is 0.179 e. The highest BCUT2D eigenvalue weighted by atomic mass is 16.1. The van der Waals surface area contributed by atoms with Crippen LogP contribution in [0.25, 0.3) is 0 Å². The summed E-state index contributed by atoms with van der Waals surface area (Å²) in [6.45, 7) is 2.91. The lowest BCUT2D eigenvalue weighted by atomic mass is 9.99. The van der Waals surface area contributed by atoms with Gasteiger partial charge >= 0.3 is 0 Å². The van der Waals surface area contributed by atoms with Gasteiger partial charge in [0.1, 0.15) is 0 Å². The molecule has 12 heavy (non-hydrogen) atoms. The van der Waals surface area contributed by atoms with E-state index in [1.807, 2.05) is 6.92 Å². The molecule has 0 amide bonds. The van der Waals surface area contributed by atoms with Gasteiger partial charge in [0, 0.05) is 18.4 Å². The van der Waals surface area contributed by atoms with Crippen LogP contribution in [-0.2, 0) is 4.79 Å². The quantitative estimate of drug-likeness (QED) is 0.538. The molecule has 2 unspecified atom stereocenters. The summed E-state index contributed by atoms with van der Waals surface area (Å²) in [6.07, 6.45) is 4.66. The van der Waals surface area contributed by atoms with Crippen molar-refractivity contribution in [3.8, 4) is 0 Å². The van der Waals surface area contributed by atoms with Gasteiger partial charge in [0.15, 0.2) is 5.78 Å². The van der Waals surface area contributed by atoms with E-state index in [2.05, 4.69) is 4.99 Å². The maximum atomic E-state index is 11.6. The molecule has 1 fully saturated rings. The van der Waals surface area contributed by atoms with Crippen LogP contribution in [0, 0.1) is 11.8 Å². The van der Waals surface area contributed by atoms with Crippen molar-refractivity contribution < 1.29 is 4.79 Å². The molecule has 2 atom stereocenters. The third-order valence-corrected chi connectivity index (χ3v) is 2.97. The Morgan fingerprint density at radius 2 is 2.25 bits per heavy atom. The number of carbonyl (C=O) groups is 1. The summed E-state index contributed by atoms with van der Waals surface area (Å²) in [5, 5.41) is 0. The molecule has 0 N–H and O–H groups in total. The molecular formula is C10H15NO. The lowest BCUT2D eigenvalue weighted by Crippen LogP contribution is -2.15. The maximum Gasteiger partial charge on any atom is 0.179 e. The minimum absolute atomic E-state index is 0.242. The topological polar surface area (TPSA) is 29.4 Å². The Morgan fingerprint density at radius 1 is 1.42 bits per heavy atom. The lowest BCUT2D eigenvalue weighted by Gasteiger charge is -2.04. The standard InChI is InChI=1S/C10H15NO/c1-7-6-8-4-2-3-5-11-9(8)10(7)12/h7-8H,2-6H2,1H3. The number of hydrogen-bond donors (Lipinski definition) is 0. The molecule has 2 aliphatic rings. The minimum Gasteiger partial charge on any atom is -0.293 e. The molecule has 2 rings (SSSR count). The summed E-state index contributed by atoms with van der Waals surface area (Å²) in [5.41, 5.74) is 0.917. The molecule has 0 bridgehead atoms. The molecule has 2 nitrogen and oxygen atoms in total. The monoisotopic (exact) mass is 165 g/mol. The zero-order chi connectivity index (χ0) is 8.55. The van der Waals surface area contributed by atoms with Gasteiger partial charge in [-0.1, -0.05) is 13.3 Å². The molecule has 0 spiro atoms. The molecule has 1 heterocycles. The predicted octanol–water partition coefficient (Wildman–Crippen LogP) is 1.84. The van der Waals surface area contributed by atoms with E-state index in [1.165, 1.54) is 19.3 Å². The Bertz CT molecular complexity index is 232. The van der Waals surface area contributed by atoms with Crippen molar-refractivity contribution in [1.82, 2.24) is 0 Å². The molecule has 66 valence electrons. The van der Waals surface area contributed by atoms with E-state index >= 15 is 0 Å². The molecular weight excluding hydrogens is 150 g/mol. The van der Waals surface area contributed by atoms with E-state index in [-0.39, 0.29) is 5.92 Å². The van der Waals surface area contributed by atoms with Gasteiger partial charge in [-0.05, 0) is 19.3 Å². The third kappa shape index (κ3) is 1.19. The molecule has 1 aliphatic heterocycles. The molecule has 0 aromatic rings. The number of aliphatic imine (C=N–C) groups is 1. The Balaban J connectivity index is 2.23. The largest absolute Gasteiger partial charge is 0.293 e. The highest BCUT2D eigenvalue weighted by Gasteiger charge is 2.36. The first-order valence-electron chi connectivity index (χ1n) is 4.87. The molecule has 0 aromatic carbocycles. The SMILES string of the molecule is CC1CC2CCCCN=C2C1=O. The molecule has 0 saturated heterocycles. The van der Waals surface area contributed by atoms with Crippen LogP contribution in [0.15, 0.2) is 4.99 Å². The van der Waals surface area contributed by atoms with Crippen molar-refractivity contribution in [2.75, 3.05) is 6.54 Å². The number of hydrogen-bond acceptors (Lipinski definition) is 2. The summed E-state index contributed by atoms with van der Waals surface area (Å²) < 4.78 is 0. The van der Waals surface area contributed by atoms with E-state index in [9.17, 15) is 4.79 Å². The fourth-order valence-corrected chi connectivity index (χ4v) is 2.26. The van der Waals surface area contributed by atoms with Crippen molar-refractivity contribution in [2.24, 2.45) is 16.8 Å². The zero-order valence-electron chi connectivity index (χ0n) is 7.55. The van der Waals surface area contributed by atoms with E-state index in [0.29, 0.717) is 11.7 Å². The fourth-order valence-electron chi connectivity index (χ4n) is 2.26. The van der Waals surface area contributed by atoms with Crippen molar-refractivity contribution in [1.29, 1.82) is 0 Å². The van der Waals surface area contributed by atoms with Crippen molar-refractivity contribution in [3.63, 3.8) is 0 Å². The fraction of sp³-hybridized carbons (Fsp3) is 0.800. The number of rotatable bonds is 0. The van der Waals surface area contributed by atoms with Crippen LogP contribution in [0.1, 0.15) is 32.6 Å². The normalized spacial score (nSPS) is 35.8. The van der Waals surface area contributed by atoms with Gasteiger partial charge in [-0.2, -0.15) is 0 Å². The van der Waals surface area contributed by atoms with E-state index in [4.69, 9.17) is 0 Å². The van der Waals surface area contributed by atoms with Crippen LogP contribution in [0.2, 0.25) is 0 Å². The second-order valence-corrected chi connectivity index (χ2v) is 3.96. The third-order valence-electron chi connectivity index (χ3n) is 2.97. The van der Waals surface area contributed by atoms with Gasteiger partial charge in [-0.15, -0.1) is 0 Å². The average Bonchev–Trinajstić information content (AvgIpc) is 2.30. The van der Waals surface area contributed by atoms with Crippen LogP contribution >= 0.6 is 0 Å². The summed E-state index contributed by atoms with van der Waals surface area (Å²) in [4.78, 5) is 15.9. The van der Waals surface area contributed by atoms with Gasteiger partial charge in [-0.25, -0.2) is 0 Å². The summed E-state index contributed by atoms with van der Waals surface area (Å²) >= 11 is 0. The lowest BCUT2D eigenvalue weighted by molar-refractivity contribution is -0.115. The highest BCUT2D eigenvalue weighted by molar-refractivity contribution is 6.43. The Labute approximate surface area is 73.1 Å². The van der Waals surface area contributed by atoms with Gasteiger partial charge < -0.3 is 0 Å². The molecule has 1 aliphatic carbocycles. The summed E-state index contributed by atoms with van der Waals surface area (Å²) in [5.74, 6) is 1.07. The number of carbonyl (C=O) groups excluding carboxylic acids is 1. The second kappa shape index (κ2) is 3.00. The zero-order valence-corrected chi connectivity index (χ0v) is 7.55. The predicted molar refractivity (Wildman–Crippen MR) is 48.4 cm³/mol. The number of ketones is 1. The van der Waals surface area contributed by atoms with Crippen LogP contribution in [-0.4, -0.2) is 18.0 Å². The van der Waals surface area contributed by atoms with Crippen molar-refractivity contribution in [3.05, 3.63) is 0 Å². The first kappa shape index (κ1) is 7.96. The molecule has 2 heteroatoms. The number of fused-ring (bicyclic) bond motifs is 1. The molecule has 1 saturated carbocycles. The summed E-state index contributed by atoms with van der Waals surface area (Å²) in [6, 6.07) is 0. The van der Waals surface area contributed by atoms with Gasteiger partial charge in [-0.3, -0.25) is 9.79 Å².